The van der Waals surface area contributed by atoms with E-state index in [9.17, 15) is 0 Å². The lowest BCUT2D eigenvalue weighted by molar-refractivity contribution is 0.00281. The van der Waals surface area contributed by atoms with Crippen LogP contribution in [0.2, 0.25) is 0 Å². The largest absolute Gasteiger partial charge is 0.244 e. The molecule has 0 bridgehead atoms. The first-order chi connectivity index (χ1) is 5.90. The number of hydrogen-bond acceptors (Lipinski definition) is 3. The van der Waals surface area contributed by atoms with Gasteiger partial charge in [-0.15, -0.1) is 0 Å². The number of fused-ring (bicyclic) bond motifs is 1. The predicted molar refractivity (Wildman–Crippen MR) is 49.1 cm³/mol. The number of hydrogen-bond donors (Lipinski definition) is 0. The molecule has 1 aromatic carbocycles. The first kappa shape index (κ1) is 7.71. The molecule has 0 aromatic heterocycles. The molecule has 1 aromatic rings. The van der Waals surface area contributed by atoms with Gasteiger partial charge in [0.25, 0.3) is 0 Å². The van der Waals surface area contributed by atoms with Crippen LogP contribution in [-0.2, 0) is 10.8 Å². The van der Waals surface area contributed by atoms with Crippen LogP contribution in [0.1, 0.15) is 5.56 Å². The van der Waals surface area contributed by atoms with Crippen LogP contribution < -0.4 is 0 Å². The molecule has 0 amide bonds. The first-order valence-electron chi connectivity index (χ1n) is 3.72. The van der Waals surface area contributed by atoms with Gasteiger partial charge in [-0.25, -0.2) is 5.06 Å². The van der Waals surface area contributed by atoms with Crippen molar-refractivity contribution in [2.45, 2.75) is 11.4 Å². The molecule has 0 saturated heterocycles. The summed E-state index contributed by atoms with van der Waals surface area (Å²) in [5.41, 5.74) is 1.29. The van der Waals surface area contributed by atoms with Gasteiger partial charge in [0.15, 0.2) is 0 Å². The van der Waals surface area contributed by atoms with Crippen LogP contribution in [-0.4, -0.2) is 5.06 Å². The molecule has 0 spiro atoms. The highest BCUT2D eigenvalue weighted by atomic mass is 32.2. The molecule has 1 aliphatic rings. The molecule has 0 N–H and O–H groups in total. The quantitative estimate of drug-likeness (QED) is 0.615. The van der Waals surface area contributed by atoms with Gasteiger partial charge in [0.1, 0.15) is 0 Å². The third kappa shape index (κ3) is 1.33. The topological polar surface area (TPSA) is 12.5 Å². The minimum absolute atomic E-state index is 0.784. The van der Waals surface area contributed by atoms with E-state index in [2.05, 4.69) is 18.7 Å². The highest BCUT2D eigenvalue weighted by Gasteiger charge is 2.13. The zero-order chi connectivity index (χ0) is 8.39. The molecule has 2 rings (SSSR count). The van der Waals surface area contributed by atoms with E-state index in [0.717, 1.165) is 6.54 Å². The lowest BCUT2D eigenvalue weighted by Gasteiger charge is -2.24. The maximum Gasteiger partial charge on any atom is 0.0722 e. The third-order valence-electron chi connectivity index (χ3n) is 1.73. The summed E-state index contributed by atoms with van der Waals surface area (Å²) in [4.78, 5) is 1.19. The van der Waals surface area contributed by atoms with E-state index in [1.807, 2.05) is 12.1 Å². The van der Waals surface area contributed by atoms with Gasteiger partial charge in [-0.1, -0.05) is 24.8 Å². The van der Waals surface area contributed by atoms with Crippen LogP contribution in [0.15, 0.2) is 41.9 Å². The fourth-order valence-corrected chi connectivity index (χ4v) is 1.76. The van der Waals surface area contributed by atoms with Crippen molar-refractivity contribution in [3.8, 4) is 0 Å². The Hall–Kier alpha value is -0.930. The van der Waals surface area contributed by atoms with Crippen molar-refractivity contribution in [3.05, 3.63) is 42.6 Å². The van der Waals surface area contributed by atoms with Crippen molar-refractivity contribution >= 4 is 12.0 Å². The summed E-state index contributed by atoms with van der Waals surface area (Å²) in [6.07, 6.45) is 1.68. The van der Waals surface area contributed by atoms with E-state index < -0.39 is 0 Å². The van der Waals surface area contributed by atoms with E-state index in [-0.39, 0.29) is 0 Å². The van der Waals surface area contributed by atoms with Crippen molar-refractivity contribution in [1.82, 2.24) is 5.06 Å². The fraction of sp³-hybridized carbons (Fsp3) is 0.111. The minimum atomic E-state index is 0.784. The summed E-state index contributed by atoms with van der Waals surface area (Å²) in [7, 11) is 0. The van der Waals surface area contributed by atoms with Gasteiger partial charge in [0.05, 0.1) is 18.6 Å². The van der Waals surface area contributed by atoms with Crippen LogP contribution in [0.3, 0.4) is 0 Å². The summed E-state index contributed by atoms with van der Waals surface area (Å²) in [5.74, 6) is 0. The van der Waals surface area contributed by atoms with Gasteiger partial charge in [0.2, 0.25) is 0 Å². The highest BCUT2D eigenvalue weighted by Crippen LogP contribution is 2.30. The van der Waals surface area contributed by atoms with E-state index in [1.54, 1.807) is 11.3 Å². The zero-order valence-corrected chi connectivity index (χ0v) is 7.38. The highest BCUT2D eigenvalue weighted by molar-refractivity contribution is 7.94. The van der Waals surface area contributed by atoms with Crippen LogP contribution in [0.25, 0.3) is 0 Å². The number of benzene rings is 1. The van der Waals surface area contributed by atoms with Gasteiger partial charge in [-0.2, -0.15) is 4.28 Å². The SMILES string of the molecule is C=CN1Cc2ccccc2SO1. The second-order valence-electron chi connectivity index (χ2n) is 2.52. The molecule has 2 nitrogen and oxygen atoms in total. The molecule has 62 valence electrons. The summed E-state index contributed by atoms with van der Waals surface area (Å²) < 4.78 is 5.29. The zero-order valence-electron chi connectivity index (χ0n) is 6.56. The van der Waals surface area contributed by atoms with Crippen molar-refractivity contribution in [2.75, 3.05) is 0 Å². The maximum absolute atomic E-state index is 5.29. The standard InChI is InChI=1S/C9H9NOS/c1-2-10-7-8-5-3-4-6-9(8)12-11-10/h2-6H,1,7H2. The third-order valence-corrected chi connectivity index (χ3v) is 2.57. The Morgan fingerprint density at radius 1 is 1.50 bits per heavy atom. The Bertz CT molecular complexity index is 300. The van der Waals surface area contributed by atoms with E-state index in [1.165, 1.54) is 22.5 Å². The van der Waals surface area contributed by atoms with Crippen LogP contribution >= 0.6 is 12.0 Å². The van der Waals surface area contributed by atoms with E-state index >= 15 is 0 Å². The Kier molecular flexibility index (Phi) is 2.06. The monoisotopic (exact) mass is 179 g/mol. The summed E-state index contributed by atoms with van der Waals surface area (Å²) in [5, 5.41) is 1.72. The molecule has 0 saturated carbocycles. The molecular weight excluding hydrogens is 170 g/mol. The number of nitrogens with zero attached hydrogens (tertiary/aromatic N) is 1. The Morgan fingerprint density at radius 2 is 2.33 bits per heavy atom. The van der Waals surface area contributed by atoms with Crippen molar-refractivity contribution in [3.63, 3.8) is 0 Å². The Balaban J connectivity index is 2.28. The van der Waals surface area contributed by atoms with Gasteiger partial charge >= 0.3 is 0 Å². The van der Waals surface area contributed by atoms with Crippen LogP contribution in [0.4, 0.5) is 0 Å². The molecule has 12 heavy (non-hydrogen) atoms. The molecule has 1 aliphatic heterocycles. The normalized spacial score (nSPS) is 15.5. The van der Waals surface area contributed by atoms with Gasteiger partial charge in [-0.3, -0.25) is 0 Å². The predicted octanol–water partition coefficient (Wildman–Crippen LogP) is 2.58. The Morgan fingerprint density at radius 3 is 3.17 bits per heavy atom. The molecule has 0 atom stereocenters. The van der Waals surface area contributed by atoms with Gasteiger partial charge in [0, 0.05) is 11.1 Å². The molecule has 1 heterocycles. The molecule has 3 heteroatoms. The first-order valence-corrected chi connectivity index (χ1v) is 4.46. The second-order valence-corrected chi connectivity index (χ2v) is 3.28. The molecule has 0 radical (unpaired) electrons. The van der Waals surface area contributed by atoms with Gasteiger partial charge in [-0.05, 0) is 11.6 Å². The van der Waals surface area contributed by atoms with E-state index in [0.29, 0.717) is 0 Å². The lowest BCUT2D eigenvalue weighted by Crippen LogP contribution is -2.17. The average molecular weight is 179 g/mol. The molecule has 0 aliphatic carbocycles. The fourth-order valence-electron chi connectivity index (χ4n) is 1.09. The maximum atomic E-state index is 5.29. The molecule has 0 unspecified atom stereocenters. The van der Waals surface area contributed by atoms with Crippen molar-refractivity contribution < 1.29 is 4.28 Å². The Labute approximate surface area is 76.0 Å². The number of rotatable bonds is 1. The summed E-state index contributed by atoms with van der Waals surface area (Å²) in [6, 6.07) is 8.20. The van der Waals surface area contributed by atoms with Crippen LogP contribution in [0, 0.1) is 0 Å². The summed E-state index contributed by atoms with van der Waals surface area (Å²) in [6.45, 7) is 4.43. The van der Waals surface area contributed by atoms with Crippen LogP contribution in [0.5, 0.6) is 0 Å². The average Bonchev–Trinajstić information content (AvgIpc) is 2.17. The lowest BCUT2D eigenvalue weighted by atomic mass is 10.2. The summed E-state index contributed by atoms with van der Waals surface area (Å²) >= 11 is 1.38. The minimum Gasteiger partial charge on any atom is -0.244 e. The number of hydroxylamine groups is 2. The second kappa shape index (κ2) is 3.21. The smallest absolute Gasteiger partial charge is 0.0722 e. The molecular formula is C9H9NOS. The van der Waals surface area contributed by atoms with Crippen molar-refractivity contribution in [1.29, 1.82) is 0 Å². The van der Waals surface area contributed by atoms with Crippen molar-refractivity contribution in [2.24, 2.45) is 0 Å². The van der Waals surface area contributed by atoms with Gasteiger partial charge < -0.3 is 0 Å². The molecule has 0 fully saturated rings. The van der Waals surface area contributed by atoms with E-state index in [4.69, 9.17) is 4.28 Å².